The van der Waals surface area contributed by atoms with E-state index in [1.165, 1.54) is 17.0 Å². The maximum absolute atomic E-state index is 13.4. The van der Waals surface area contributed by atoms with Gasteiger partial charge in [-0.05, 0) is 18.6 Å². The van der Waals surface area contributed by atoms with E-state index in [1.807, 2.05) is 0 Å². The van der Waals surface area contributed by atoms with Crippen LogP contribution in [-0.2, 0) is 11.0 Å². The van der Waals surface area contributed by atoms with Crippen molar-refractivity contribution in [3.63, 3.8) is 0 Å². The first kappa shape index (κ1) is 15.0. The summed E-state index contributed by atoms with van der Waals surface area (Å²) in [6, 6.07) is 2.84. The van der Waals surface area contributed by atoms with Crippen LogP contribution in [0.1, 0.15) is 17.5 Å². The molecule has 3 unspecified atom stereocenters. The third kappa shape index (κ3) is 1.80. The Morgan fingerprint density at radius 1 is 1.29 bits per heavy atom. The number of alkyl halides is 3. The number of urea groups is 1. The van der Waals surface area contributed by atoms with Crippen LogP contribution in [0.3, 0.4) is 0 Å². The number of rotatable bonds is 1. The third-order valence-electron chi connectivity index (χ3n) is 4.79. The summed E-state index contributed by atoms with van der Waals surface area (Å²) in [6.45, 7) is 0.526. The minimum absolute atomic E-state index is 0.185. The number of nitrogens with one attached hydrogen (secondary N) is 1. The lowest BCUT2D eigenvalue weighted by Gasteiger charge is -2.26. The van der Waals surface area contributed by atoms with Crippen LogP contribution in [0.2, 0.25) is 0 Å². The highest BCUT2D eigenvalue weighted by Crippen LogP contribution is 2.43. The number of benzene rings is 1. The highest BCUT2D eigenvalue weighted by molar-refractivity contribution is 6.22. The van der Waals surface area contributed by atoms with Crippen molar-refractivity contribution in [1.29, 1.82) is 5.26 Å². The van der Waals surface area contributed by atoms with Gasteiger partial charge in [0, 0.05) is 18.6 Å². The molecule has 3 saturated heterocycles. The summed E-state index contributed by atoms with van der Waals surface area (Å²) in [7, 11) is 0. The topological polar surface area (TPSA) is 76.4 Å². The Hall–Kier alpha value is -2.60. The molecule has 2 bridgehead atoms. The molecular weight excluding hydrogens is 325 g/mol. The average Bonchev–Trinajstić information content (AvgIpc) is 3.19. The first-order valence-corrected chi connectivity index (χ1v) is 7.34. The summed E-state index contributed by atoms with van der Waals surface area (Å²) < 4.78 is 40.3. The number of hydrogen-bond acceptors (Lipinski definition) is 4. The molecule has 1 N–H and O–H groups in total. The van der Waals surface area contributed by atoms with Gasteiger partial charge in [0.1, 0.15) is 6.04 Å². The fraction of sp³-hybridized carbons (Fsp3) is 0.400. The summed E-state index contributed by atoms with van der Waals surface area (Å²) in [6.07, 6.45) is -4.23. The molecule has 3 aliphatic heterocycles. The maximum Gasteiger partial charge on any atom is 0.419 e. The molecule has 0 radical (unpaired) electrons. The van der Waals surface area contributed by atoms with Crippen LogP contribution in [0.15, 0.2) is 18.2 Å². The summed E-state index contributed by atoms with van der Waals surface area (Å²) >= 11 is 0. The van der Waals surface area contributed by atoms with Gasteiger partial charge in [0.25, 0.3) is 5.91 Å². The highest BCUT2D eigenvalue weighted by atomic mass is 19.4. The van der Waals surface area contributed by atoms with E-state index in [-0.39, 0.29) is 12.1 Å². The molecule has 3 fully saturated rings. The quantitative estimate of drug-likeness (QED) is 0.788. The molecule has 3 amide bonds. The standard InChI is InChI=1S/C15H11F3N4O2/c16-15(17,18)11-7(5-19)2-1-3-10(11)22-13(23)12-9-4-8(6-20-9)21(12)14(22)24/h1-3,8-9,12,20H,4,6H2. The maximum atomic E-state index is 13.4. The normalized spacial score (nSPS) is 28.5. The van der Waals surface area contributed by atoms with E-state index < -0.39 is 41.0 Å². The molecule has 6 nitrogen and oxygen atoms in total. The molecule has 24 heavy (non-hydrogen) atoms. The molecule has 3 aliphatic rings. The zero-order chi connectivity index (χ0) is 17.2. The molecule has 1 aromatic carbocycles. The Kier molecular flexibility index (Phi) is 2.93. The van der Waals surface area contributed by atoms with Gasteiger partial charge in [-0.3, -0.25) is 4.79 Å². The highest BCUT2D eigenvalue weighted by Gasteiger charge is 2.60. The molecule has 0 aromatic heterocycles. The van der Waals surface area contributed by atoms with Crippen molar-refractivity contribution in [2.75, 3.05) is 11.4 Å². The van der Waals surface area contributed by atoms with Crippen molar-refractivity contribution < 1.29 is 22.8 Å². The van der Waals surface area contributed by atoms with Crippen LogP contribution in [0.4, 0.5) is 23.7 Å². The van der Waals surface area contributed by atoms with Crippen LogP contribution in [-0.4, -0.2) is 41.5 Å². The van der Waals surface area contributed by atoms with Crippen molar-refractivity contribution in [3.05, 3.63) is 29.3 Å². The molecule has 0 saturated carbocycles. The zero-order valence-electron chi connectivity index (χ0n) is 12.2. The van der Waals surface area contributed by atoms with Gasteiger partial charge in [-0.1, -0.05) is 6.07 Å². The molecule has 124 valence electrons. The smallest absolute Gasteiger partial charge is 0.309 e. The number of hydrogen-bond donors (Lipinski definition) is 1. The van der Waals surface area contributed by atoms with Crippen LogP contribution in [0.25, 0.3) is 0 Å². The number of halogens is 3. The number of nitriles is 1. The number of piperazine rings is 1. The zero-order valence-corrected chi connectivity index (χ0v) is 12.2. The average molecular weight is 336 g/mol. The lowest BCUT2D eigenvalue weighted by atomic mass is 10.0. The van der Waals surface area contributed by atoms with E-state index in [2.05, 4.69) is 5.32 Å². The molecular formula is C15H11F3N4O2. The van der Waals surface area contributed by atoms with E-state index in [9.17, 15) is 22.8 Å². The van der Waals surface area contributed by atoms with Crippen molar-refractivity contribution in [3.8, 4) is 6.07 Å². The number of carbonyl (C=O) groups is 2. The van der Waals surface area contributed by atoms with Gasteiger partial charge in [0.15, 0.2) is 0 Å². The minimum atomic E-state index is -4.85. The lowest BCUT2D eigenvalue weighted by Crippen LogP contribution is -2.51. The first-order chi connectivity index (χ1) is 11.3. The Balaban J connectivity index is 1.85. The molecule has 9 heteroatoms. The Morgan fingerprint density at radius 3 is 2.67 bits per heavy atom. The van der Waals surface area contributed by atoms with Gasteiger partial charge < -0.3 is 10.2 Å². The number of anilines is 1. The second-order valence-corrected chi connectivity index (χ2v) is 6.02. The largest absolute Gasteiger partial charge is 0.419 e. The van der Waals surface area contributed by atoms with E-state index in [4.69, 9.17) is 5.26 Å². The van der Waals surface area contributed by atoms with Crippen LogP contribution in [0, 0.1) is 11.3 Å². The van der Waals surface area contributed by atoms with Gasteiger partial charge in [-0.25, -0.2) is 9.69 Å². The van der Waals surface area contributed by atoms with E-state index in [1.54, 1.807) is 0 Å². The first-order valence-electron chi connectivity index (χ1n) is 7.34. The molecule has 4 rings (SSSR count). The van der Waals surface area contributed by atoms with Gasteiger partial charge >= 0.3 is 12.2 Å². The van der Waals surface area contributed by atoms with Crippen LogP contribution >= 0.6 is 0 Å². The fourth-order valence-electron chi connectivity index (χ4n) is 3.87. The molecule has 1 aromatic rings. The third-order valence-corrected chi connectivity index (χ3v) is 4.79. The molecule has 0 spiro atoms. The summed E-state index contributed by atoms with van der Waals surface area (Å²) in [5, 5.41) is 12.1. The number of amides is 3. The van der Waals surface area contributed by atoms with E-state index in [0.717, 1.165) is 12.1 Å². The van der Waals surface area contributed by atoms with Gasteiger partial charge in [-0.15, -0.1) is 0 Å². The molecule has 3 atom stereocenters. The predicted octanol–water partition coefficient (Wildman–Crippen LogP) is 1.46. The fourth-order valence-corrected chi connectivity index (χ4v) is 3.87. The second-order valence-electron chi connectivity index (χ2n) is 6.02. The minimum Gasteiger partial charge on any atom is -0.309 e. The Bertz CT molecular complexity index is 773. The van der Waals surface area contributed by atoms with Gasteiger partial charge in [0.05, 0.1) is 22.9 Å². The lowest BCUT2D eigenvalue weighted by molar-refractivity contribution is -0.137. The summed E-state index contributed by atoms with van der Waals surface area (Å²) in [5.74, 6) is -0.680. The van der Waals surface area contributed by atoms with Crippen molar-refractivity contribution >= 4 is 17.6 Å². The van der Waals surface area contributed by atoms with E-state index in [0.29, 0.717) is 17.9 Å². The summed E-state index contributed by atoms with van der Waals surface area (Å²) in [5.41, 5.74) is -2.45. The predicted molar refractivity (Wildman–Crippen MR) is 74.9 cm³/mol. The van der Waals surface area contributed by atoms with Crippen molar-refractivity contribution in [1.82, 2.24) is 10.2 Å². The SMILES string of the molecule is N#Cc1cccc(N2C(=O)C3C4CC(CN4)N3C2=O)c1C(F)(F)F. The number of carbonyl (C=O) groups excluding carboxylic acids is 2. The van der Waals surface area contributed by atoms with Crippen LogP contribution < -0.4 is 10.2 Å². The van der Waals surface area contributed by atoms with Gasteiger partial charge in [-0.2, -0.15) is 18.4 Å². The van der Waals surface area contributed by atoms with Crippen LogP contribution in [0.5, 0.6) is 0 Å². The molecule has 0 aliphatic carbocycles. The number of nitrogens with zero attached hydrogens (tertiary/aromatic N) is 3. The van der Waals surface area contributed by atoms with E-state index >= 15 is 0 Å². The molecule has 3 heterocycles. The summed E-state index contributed by atoms with van der Waals surface area (Å²) in [4.78, 5) is 27.2. The van der Waals surface area contributed by atoms with Crippen molar-refractivity contribution in [2.24, 2.45) is 0 Å². The number of imide groups is 1. The Morgan fingerprint density at radius 2 is 2.04 bits per heavy atom. The van der Waals surface area contributed by atoms with Gasteiger partial charge in [0.2, 0.25) is 0 Å². The monoisotopic (exact) mass is 336 g/mol. The Labute approximate surface area is 134 Å². The number of fused-ring (bicyclic) bond motifs is 5. The second kappa shape index (κ2) is 4.70. The van der Waals surface area contributed by atoms with Crippen molar-refractivity contribution in [2.45, 2.75) is 30.7 Å².